The summed E-state index contributed by atoms with van der Waals surface area (Å²) in [5, 5.41) is 11.1. The summed E-state index contributed by atoms with van der Waals surface area (Å²) in [6.07, 6.45) is 1.68. The zero-order chi connectivity index (χ0) is 15.1. The second-order valence-electron chi connectivity index (χ2n) is 5.08. The van der Waals surface area contributed by atoms with Crippen LogP contribution >= 0.6 is 0 Å². The van der Waals surface area contributed by atoms with Gasteiger partial charge in [-0.25, -0.2) is 4.79 Å². The number of hydrogen-bond acceptors (Lipinski definition) is 4. The fourth-order valence-electron chi connectivity index (χ4n) is 1.24. The van der Waals surface area contributed by atoms with Crippen LogP contribution in [-0.4, -0.2) is 34.6 Å². The maximum absolute atomic E-state index is 11.8. The van der Waals surface area contributed by atoms with E-state index in [1.165, 1.54) is 0 Å². The Bertz CT molecular complexity index is 357. The Labute approximate surface area is 112 Å². The van der Waals surface area contributed by atoms with Gasteiger partial charge in [0, 0.05) is 6.42 Å². The summed E-state index contributed by atoms with van der Waals surface area (Å²) in [7, 11) is 0. The first-order chi connectivity index (χ1) is 8.65. The van der Waals surface area contributed by atoms with Crippen LogP contribution in [0, 0.1) is 0 Å². The number of amides is 1. The van der Waals surface area contributed by atoms with Gasteiger partial charge in [0.2, 0.25) is 5.91 Å². The number of hydrogen-bond donors (Lipinski definition) is 2. The lowest BCUT2D eigenvalue weighted by atomic mass is 10.1. The maximum atomic E-state index is 11.8. The van der Waals surface area contributed by atoms with Crippen LogP contribution < -0.4 is 5.32 Å². The highest BCUT2D eigenvalue weighted by molar-refractivity contribution is 5.87. The van der Waals surface area contributed by atoms with E-state index in [1.54, 1.807) is 26.8 Å². The molecule has 0 aromatic heterocycles. The Morgan fingerprint density at radius 1 is 1.37 bits per heavy atom. The summed E-state index contributed by atoms with van der Waals surface area (Å²) in [6.45, 7) is 8.48. The molecule has 0 aliphatic heterocycles. The topological polar surface area (TPSA) is 92.7 Å². The Morgan fingerprint density at radius 3 is 2.37 bits per heavy atom. The van der Waals surface area contributed by atoms with Gasteiger partial charge in [0.15, 0.2) is 0 Å². The summed E-state index contributed by atoms with van der Waals surface area (Å²) in [5.41, 5.74) is -0.736. The summed E-state index contributed by atoms with van der Waals surface area (Å²) in [4.78, 5) is 34.0. The number of carboxylic acid groups (broad SMARTS) is 1. The van der Waals surface area contributed by atoms with E-state index in [-0.39, 0.29) is 6.42 Å². The van der Waals surface area contributed by atoms with Gasteiger partial charge in [-0.1, -0.05) is 6.08 Å². The van der Waals surface area contributed by atoms with E-state index < -0.39 is 35.9 Å². The minimum atomic E-state index is -1.18. The third-order valence-electron chi connectivity index (χ3n) is 1.98. The Balaban J connectivity index is 4.62. The number of aliphatic carboxylic acids is 1. The van der Waals surface area contributed by atoms with Gasteiger partial charge in [-0.3, -0.25) is 9.59 Å². The van der Waals surface area contributed by atoms with Crippen LogP contribution in [0.3, 0.4) is 0 Å². The first-order valence-corrected chi connectivity index (χ1v) is 6.00. The van der Waals surface area contributed by atoms with Gasteiger partial charge in [-0.2, -0.15) is 0 Å². The molecular formula is C13H21NO5. The SMILES string of the molecule is C=CCCC(=O)NC(CC(=O)O)C(=O)OC(C)(C)C. The van der Waals surface area contributed by atoms with E-state index in [0.29, 0.717) is 6.42 Å². The van der Waals surface area contributed by atoms with Crippen LogP contribution in [0.25, 0.3) is 0 Å². The molecule has 6 nitrogen and oxygen atoms in total. The van der Waals surface area contributed by atoms with Crippen molar-refractivity contribution in [3.05, 3.63) is 12.7 Å². The third-order valence-corrected chi connectivity index (χ3v) is 1.98. The van der Waals surface area contributed by atoms with Crippen molar-refractivity contribution < 1.29 is 24.2 Å². The van der Waals surface area contributed by atoms with Crippen LogP contribution in [0.1, 0.15) is 40.0 Å². The molecule has 6 heteroatoms. The van der Waals surface area contributed by atoms with Gasteiger partial charge in [-0.15, -0.1) is 6.58 Å². The van der Waals surface area contributed by atoms with Gasteiger partial charge in [0.1, 0.15) is 11.6 Å². The van der Waals surface area contributed by atoms with Crippen molar-refractivity contribution in [2.45, 2.75) is 51.7 Å². The maximum Gasteiger partial charge on any atom is 0.329 e. The number of carbonyl (C=O) groups excluding carboxylic acids is 2. The van der Waals surface area contributed by atoms with Crippen LogP contribution in [0.4, 0.5) is 0 Å². The van der Waals surface area contributed by atoms with Gasteiger partial charge >= 0.3 is 11.9 Å². The normalized spacial score (nSPS) is 12.4. The highest BCUT2D eigenvalue weighted by Gasteiger charge is 2.28. The number of esters is 1. The summed E-state index contributed by atoms with van der Waals surface area (Å²) in [6, 6.07) is -1.17. The van der Waals surface area contributed by atoms with Crippen LogP contribution in [0.15, 0.2) is 12.7 Å². The van der Waals surface area contributed by atoms with E-state index in [2.05, 4.69) is 11.9 Å². The molecule has 0 fully saturated rings. The van der Waals surface area contributed by atoms with E-state index >= 15 is 0 Å². The second-order valence-corrected chi connectivity index (χ2v) is 5.08. The molecule has 108 valence electrons. The van der Waals surface area contributed by atoms with Crippen LogP contribution in [0.5, 0.6) is 0 Å². The molecule has 0 radical (unpaired) electrons. The van der Waals surface area contributed by atoms with Crippen molar-refractivity contribution in [3.8, 4) is 0 Å². The number of ether oxygens (including phenoxy) is 1. The first-order valence-electron chi connectivity index (χ1n) is 6.00. The van der Waals surface area contributed by atoms with Gasteiger partial charge in [0.05, 0.1) is 6.42 Å². The van der Waals surface area contributed by atoms with Crippen molar-refractivity contribution in [2.75, 3.05) is 0 Å². The van der Waals surface area contributed by atoms with Crippen LogP contribution in [0.2, 0.25) is 0 Å². The largest absolute Gasteiger partial charge is 0.481 e. The second kappa shape index (κ2) is 7.56. The minimum absolute atomic E-state index is 0.155. The van der Waals surface area contributed by atoms with Crippen LogP contribution in [-0.2, 0) is 19.1 Å². The minimum Gasteiger partial charge on any atom is -0.481 e. The van der Waals surface area contributed by atoms with Crippen molar-refractivity contribution >= 4 is 17.8 Å². The van der Waals surface area contributed by atoms with E-state index in [0.717, 1.165) is 0 Å². The molecule has 1 amide bonds. The fraction of sp³-hybridized carbons (Fsp3) is 0.615. The van der Waals surface area contributed by atoms with Gasteiger partial charge in [0.25, 0.3) is 0 Å². The molecule has 0 aliphatic carbocycles. The summed E-state index contributed by atoms with van der Waals surface area (Å²) >= 11 is 0. The summed E-state index contributed by atoms with van der Waals surface area (Å²) < 4.78 is 5.07. The van der Waals surface area contributed by atoms with Gasteiger partial charge < -0.3 is 15.2 Å². The molecule has 19 heavy (non-hydrogen) atoms. The third kappa shape index (κ3) is 8.82. The van der Waals surface area contributed by atoms with Crippen molar-refractivity contribution in [1.82, 2.24) is 5.32 Å². The molecule has 0 saturated carbocycles. The zero-order valence-corrected chi connectivity index (χ0v) is 11.6. The lowest BCUT2D eigenvalue weighted by molar-refractivity contribution is -0.161. The average molecular weight is 271 g/mol. The number of carboxylic acids is 1. The van der Waals surface area contributed by atoms with E-state index in [9.17, 15) is 14.4 Å². The number of nitrogens with one attached hydrogen (secondary N) is 1. The lowest BCUT2D eigenvalue weighted by Crippen LogP contribution is -2.45. The predicted molar refractivity (Wildman–Crippen MR) is 69.5 cm³/mol. The predicted octanol–water partition coefficient (Wildman–Crippen LogP) is 1.25. The molecule has 0 rings (SSSR count). The average Bonchev–Trinajstić information content (AvgIpc) is 2.22. The Morgan fingerprint density at radius 2 is 1.95 bits per heavy atom. The Kier molecular flexibility index (Phi) is 6.82. The smallest absolute Gasteiger partial charge is 0.329 e. The molecule has 0 aromatic carbocycles. The van der Waals surface area contributed by atoms with E-state index in [1.807, 2.05) is 0 Å². The Hall–Kier alpha value is -1.85. The molecule has 0 aromatic rings. The standard InChI is InChI=1S/C13H21NO5/c1-5-6-7-10(15)14-9(8-11(16)17)12(18)19-13(2,3)4/h5,9H,1,6-8H2,2-4H3,(H,14,15)(H,16,17). The van der Waals surface area contributed by atoms with Crippen molar-refractivity contribution in [1.29, 1.82) is 0 Å². The number of rotatable bonds is 7. The highest BCUT2D eigenvalue weighted by Crippen LogP contribution is 2.10. The fourth-order valence-corrected chi connectivity index (χ4v) is 1.24. The summed E-state index contributed by atoms with van der Waals surface area (Å²) in [5.74, 6) is -2.33. The first kappa shape index (κ1) is 17.2. The molecule has 0 bridgehead atoms. The van der Waals surface area contributed by atoms with E-state index in [4.69, 9.17) is 9.84 Å². The molecule has 0 saturated heterocycles. The monoisotopic (exact) mass is 271 g/mol. The van der Waals surface area contributed by atoms with Gasteiger partial charge in [-0.05, 0) is 27.2 Å². The molecule has 0 aliphatic rings. The lowest BCUT2D eigenvalue weighted by Gasteiger charge is -2.23. The number of allylic oxidation sites excluding steroid dienone is 1. The molecular weight excluding hydrogens is 250 g/mol. The molecule has 2 N–H and O–H groups in total. The quantitative estimate of drug-likeness (QED) is 0.537. The molecule has 1 unspecified atom stereocenters. The molecule has 1 atom stereocenters. The number of carbonyl (C=O) groups is 3. The van der Waals surface area contributed by atoms with Crippen molar-refractivity contribution in [3.63, 3.8) is 0 Å². The highest BCUT2D eigenvalue weighted by atomic mass is 16.6. The molecule has 0 heterocycles. The van der Waals surface area contributed by atoms with Crippen molar-refractivity contribution in [2.24, 2.45) is 0 Å². The zero-order valence-electron chi connectivity index (χ0n) is 11.6. The molecule has 0 spiro atoms.